The van der Waals surface area contributed by atoms with E-state index in [9.17, 15) is 5.11 Å². The molecule has 0 bridgehead atoms. The summed E-state index contributed by atoms with van der Waals surface area (Å²) in [5.74, 6) is 1.21. The lowest BCUT2D eigenvalue weighted by Crippen LogP contribution is -2.01. The molecule has 0 unspecified atom stereocenters. The number of anilines is 2. The lowest BCUT2D eigenvalue weighted by molar-refractivity contribution is 0.463. The molecule has 0 radical (unpaired) electrons. The van der Waals surface area contributed by atoms with Crippen molar-refractivity contribution in [1.82, 2.24) is 20.2 Å². The van der Waals surface area contributed by atoms with E-state index in [0.717, 1.165) is 27.6 Å². The lowest BCUT2D eigenvalue weighted by Gasteiger charge is -2.11. The summed E-state index contributed by atoms with van der Waals surface area (Å²) in [6.45, 7) is 5.47. The van der Waals surface area contributed by atoms with Gasteiger partial charge in [0.1, 0.15) is 11.6 Å². The van der Waals surface area contributed by atoms with Crippen molar-refractivity contribution in [2.24, 2.45) is 0 Å². The van der Waals surface area contributed by atoms with Crippen LogP contribution in [0, 0.1) is 20.8 Å². The molecule has 3 N–H and O–H groups in total. The van der Waals surface area contributed by atoms with Gasteiger partial charge in [-0.1, -0.05) is 23.3 Å². The standard InChI is InChI=1S/C18H17N5O2/c1-9-10(2)16(20-11(3)15(9)24)21-18-23-22-17(25-18)13-8-19-14-7-5-4-6-12(13)14/h4-8,19,24H,1-3H3,(H,20,21,23). The third kappa shape index (κ3) is 2.50. The second kappa shape index (κ2) is 5.62. The fourth-order valence-electron chi connectivity index (χ4n) is 2.79. The summed E-state index contributed by atoms with van der Waals surface area (Å²) in [4.78, 5) is 7.54. The van der Waals surface area contributed by atoms with Crippen LogP contribution in [-0.4, -0.2) is 25.3 Å². The second-order valence-corrected chi connectivity index (χ2v) is 5.93. The molecule has 7 heteroatoms. The number of H-pyrrole nitrogens is 1. The highest BCUT2D eigenvalue weighted by atomic mass is 16.4. The molecule has 7 nitrogen and oxygen atoms in total. The quantitative estimate of drug-likeness (QED) is 0.523. The number of para-hydroxylation sites is 1. The molecule has 0 atom stereocenters. The van der Waals surface area contributed by atoms with Crippen LogP contribution in [-0.2, 0) is 0 Å². The van der Waals surface area contributed by atoms with Gasteiger partial charge in [-0.25, -0.2) is 4.98 Å². The van der Waals surface area contributed by atoms with E-state index in [1.807, 2.05) is 44.3 Å². The molecule has 0 fully saturated rings. The minimum Gasteiger partial charge on any atom is -0.506 e. The van der Waals surface area contributed by atoms with Crippen molar-refractivity contribution in [3.8, 4) is 17.2 Å². The zero-order chi connectivity index (χ0) is 17.6. The number of aromatic nitrogens is 4. The van der Waals surface area contributed by atoms with Crippen LogP contribution < -0.4 is 5.32 Å². The predicted molar refractivity (Wildman–Crippen MR) is 95.0 cm³/mol. The summed E-state index contributed by atoms with van der Waals surface area (Å²) >= 11 is 0. The number of nitrogens with zero attached hydrogens (tertiary/aromatic N) is 3. The number of nitrogens with one attached hydrogen (secondary N) is 2. The Balaban J connectivity index is 1.69. The normalized spacial score (nSPS) is 11.2. The van der Waals surface area contributed by atoms with E-state index in [4.69, 9.17) is 4.42 Å². The van der Waals surface area contributed by atoms with Crippen LogP contribution in [0.15, 0.2) is 34.9 Å². The first-order valence-electron chi connectivity index (χ1n) is 7.88. The van der Waals surface area contributed by atoms with Crippen LogP contribution in [0.25, 0.3) is 22.4 Å². The maximum Gasteiger partial charge on any atom is 0.321 e. The van der Waals surface area contributed by atoms with Crippen molar-refractivity contribution in [2.75, 3.05) is 5.32 Å². The summed E-state index contributed by atoms with van der Waals surface area (Å²) in [5.41, 5.74) is 4.00. The molecule has 0 aliphatic rings. The van der Waals surface area contributed by atoms with Gasteiger partial charge in [0.25, 0.3) is 5.89 Å². The highest BCUT2D eigenvalue weighted by Crippen LogP contribution is 2.31. The number of aromatic amines is 1. The molecule has 25 heavy (non-hydrogen) atoms. The van der Waals surface area contributed by atoms with Crippen LogP contribution in [0.2, 0.25) is 0 Å². The number of aryl methyl sites for hydroxylation is 1. The lowest BCUT2D eigenvalue weighted by atomic mass is 10.1. The van der Waals surface area contributed by atoms with Crippen molar-refractivity contribution in [2.45, 2.75) is 20.8 Å². The SMILES string of the molecule is Cc1nc(Nc2nnc(-c3c[nH]c4ccccc34)o2)c(C)c(C)c1O. The van der Waals surface area contributed by atoms with Crippen LogP contribution >= 0.6 is 0 Å². The van der Waals surface area contributed by atoms with Gasteiger partial charge in [0.05, 0.1) is 11.3 Å². The van der Waals surface area contributed by atoms with Crippen molar-refractivity contribution < 1.29 is 9.52 Å². The molecule has 0 saturated heterocycles. The Labute approximate surface area is 143 Å². The largest absolute Gasteiger partial charge is 0.506 e. The van der Waals surface area contributed by atoms with Crippen LogP contribution in [0.4, 0.5) is 11.8 Å². The molecule has 3 heterocycles. The van der Waals surface area contributed by atoms with E-state index in [-0.39, 0.29) is 11.8 Å². The molecule has 0 aliphatic heterocycles. The Morgan fingerprint density at radius 1 is 1.08 bits per heavy atom. The molecule has 1 aromatic carbocycles. The van der Waals surface area contributed by atoms with Crippen LogP contribution in [0.1, 0.15) is 16.8 Å². The number of pyridine rings is 1. The molecule has 4 rings (SSSR count). The van der Waals surface area contributed by atoms with Gasteiger partial charge < -0.3 is 14.5 Å². The highest BCUT2D eigenvalue weighted by Gasteiger charge is 2.16. The number of aromatic hydroxyl groups is 1. The third-order valence-electron chi connectivity index (χ3n) is 4.37. The fourth-order valence-corrected chi connectivity index (χ4v) is 2.79. The number of fused-ring (bicyclic) bond motifs is 1. The Hall–Kier alpha value is -3.35. The van der Waals surface area contributed by atoms with Crippen LogP contribution in [0.5, 0.6) is 5.75 Å². The van der Waals surface area contributed by atoms with Gasteiger partial charge in [-0.3, -0.25) is 5.32 Å². The molecular weight excluding hydrogens is 318 g/mol. The molecule has 0 saturated carbocycles. The minimum absolute atomic E-state index is 0.202. The maximum absolute atomic E-state index is 9.96. The zero-order valence-corrected chi connectivity index (χ0v) is 14.1. The van der Waals surface area contributed by atoms with E-state index >= 15 is 0 Å². The first-order valence-corrected chi connectivity index (χ1v) is 7.88. The summed E-state index contributed by atoms with van der Waals surface area (Å²) < 4.78 is 5.75. The topological polar surface area (TPSA) is 99.9 Å². The van der Waals surface area contributed by atoms with Gasteiger partial charge in [0.2, 0.25) is 0 Å². The van der Waals surface area contributed by atoms with Crippen molar-refractivity contribution in [3.63, 3.8) is 0 Å². The Bertz CT molecular complexity index is 1080. The fraction of sp³-hybridized carbons (Fsp3) is 0.167. The summed E-state index contributed by atoms with van der Waals surface area (Å²) in [5, 5.41) is 22.2. The Morgan fingerprint density at radius 3 is 2.72 bits per heavy atom. The molecule has 126 valence electrons. The smallest absolute Gasteiger partial charge is 0.321 e. The number of hydrogen-bond acceptors (Lipinski definition) is 6. The van der Waals surface area contributed by atoms with Crippen molar-refractivity contribution in [1.29, 1.82) is 0 Å². The molecule has 0 amide bonds. The molecule has 0 spiro atoms. The van der Waals surface area contributed by atoms with Crippen LogP contribution in [0.3, 0.4) is 0 Å². The first kappa shape index (κ1) is 15.2. The van der Waals surface area contributed by atoms with E-state index < -0.39 is 0 Å². The Morgan fingerprint density at radius 2 is 1.88 bits per heavy atom. The van der Waals surface area contributed by atoms with Crippen molar-refractivity contribution in [3.05, 3.63) is 47.3 Å². The van der Waals surface area contributed by atoms with E-state index in [1.54, 1.807) is 6.92 Å². The Kier molecular flexibility index (Phi) is 3.42. The van der Waals surface area contributed by atoms with Gasteiger partial charge in [-0.2, -0.15) is 0 Å². The van der Waals surface area contributed by atoms with Gasteiger partial charge in [0, 0.05) is 17.1 Å². The minimum atomic E-state index is 0.202. The molecule has 3 aromatic heterocycles. The van der Waals surface area contributed by atoms with Gasteiger partial charge in [-0.15, -0.1) is 5.10 Å². The predicted octanol–water partition coefficient (Wildman–Crippen LogP) is 3.99. The van der Waals surface area contributed by atoms with Gasteiger partial charge in [-0.05, 0) is 38.0 Å². The molecule has 0 aliphatic carbocycles. The second-order valence-electron chi connectivity index (χ2n) is 5.93. The van der Waals surface area contributed by atoms with E-state index in [2.05, 4.69) is 25.5 Å². The highest BCUT2D eigenvalue weighted by molar-refractivity contribution is 5.93. The third-order valence-corrected chi connectivity index (χ3v) is 4.37. The molecular formula is C18H17N5O2. The number of hydrogen-bond donors (Lipinski definition) is 3. The summed E-state index contributed by atoms with van der Waals surface area (Å²) in [6, 6.07) is 8.17. The van der Waals surface area contributed by atoms with Gasteiger partial charge in [0.15, 0.2) is 0 Å². The monoisotopic (exact) mass is 335 g/mol. The van der Waals surface area contributed by atoms with E-state index in [0.29, 0.717) is 17.4 Å². The average Bonchev–Trinajstić information content (AvgIpc) is 3.24. The molecule has 4 aromatic rings. The summed E-state index contributed by atoms with van der Waals surface area (Å²) in [7, 11) is 0. The number of rotatable bonds is 3. The zero-order valence-electron chi connectivity index (χ0n) is 14.1. The van der Waals surface area contributed by atoms with E-state index in [1.165, 1.54) is 0 Å². The summed E-state index contributed by atoms with van der Waals surface area (Å²) in [6.07, 6.45) is 1.85. The number of benzene rings is 1. The first-order chi connectivity index (χ1) is 12.0. The average molecular weight is 335 g/mol. The maximum atomic E-state index is 9.96. The van der Waals surface area contributed by atoms with Gasteiger partial charge >= 0.3 is 6.01 Å². The van der Waals surface area contributed by atoms with Crippen molar-refractivity contribution >= 4 is 22.7 Å².